The number of aromatic nitrogens is 5. The zero-order valence-electron chi connectivity index (χ0n) is 16.9. The highest BCUT2D eigenvalue weighted by Gasteiger charge is 2.22. The van der Waals surface area contributed by atoms with Gasteiger partial charge in [0.15, 0.2) is 0 Å². The van der Waals surface area contributed by atoms with Gasteiger partial charge in [-0.1, -0.05) is 24.4 Å². The lowest BCUT2D eigenvalue weighted by Crippen LogP contribution is -2.16. The van der Waals surface area contributed by atoms with Crippen LogP contribution < -0.4 is 5.32 Å². The van der Waals surface area contributed by atoms with E-state index < -0.39 is 0 Å². The molecule has 0 unspecified atom stereocenters. The van der Waals surface area contributed by atoms with E-state index in [0.29, 0.717) is 24.2 Å². The lowest BCUT2D eigenvalue weighted by Gasteiger charge is -2.23. The molecule has 3 aromatic rings. The highest BCUT2D eigenvalue weighted by Crippen LogP contribution is 2.31. The minimum atomic E-state index is -0.0805. The van der Waals surface area contributed by atoms with Gasteiger partial charge in [0.05, 0.1) is 23.1 Å². The molecule has 3 heterocycles. The van der Waals surface area contributed by atoms with Crippen LogP contribution in [-0.4, -0.2) is 30.8 Å². The minimum Gasteiger partial charge on any atom is -0.339 e. The largest absolute Gasteiger partial charge is 0.339 e. The fraction of sp³-hybridized carbons (Fsp3) is 0.476. The van der Waals surface area contributed by atoms with Crippen LogP contribution in [0.4, 0.5) is 5.69 Å². The normalized spacial score (nSPS) is 14.8. The molecule has 4 rings (SSSR count). The number of hydrogen-bond donors (Lipinski definition) is 1. The third kappa shape index (κ3) is 4.36. The number of aryl methyl sites for hydroxylation is 2. The smallest absolute Gasteiger partial charge is 0.227 e. The molecule has 1 N–H and O–H groups in total. The number of nitrogens with zero attached hydrogens (tertiary/aromatic N) is 5. The van der Waals surface area contributed by atoms with E-state index in [1.165, 1.54) is 19.3 Å². The van der Waals surface area contributed by atoms with Crippen molar-refractivity contribution >= 4 is 11.6 Å². The standard InChI is InChI=1S/C21H26N6O2/c1-14-20(15(2)27(25-14)17-6-4-3-5-7-17)23-18(28)8-9-19-24-21(26-29-19)16-10-12-22-13-11-16/h10-13,17H,3-9H2,1-2H3,(H,23,28). The molecule has 1 amide bonds. The number of carbonyl (C=O) groups excluding carboxylic acids is 1. The molecule has 0 aliphatic heterocycles. The van der Waals surface area contributed by atoms with Crippen LogP contribution in [0.5, 0.6) is 0 Å². The first-order valence-electron chi connectivity index (χ1n) is 10.2. The lowest BCUT2D eigenvalue weighted by atomic mass is 9.95. The second-order valence-corrected chi connectivity index (χ2v) is 7.58. The number of anilines is 1. The zero-order chi connectivity index (χ0) is 20.2. The topological polar surface area (TPSA) is 98.7 Å². The first-order valence-corrected chi connectivity index (χ1v) is 10.2. The number of pyridine rings is 1. The predicted molar refractivity (Wildman–Crippen MR) is 108 cm³/mol. The summed E-state index contributed by atoms with van der Waals surface area (Å²) in [5, 5.41) is 11.7. The molecule has 8 nitrogen and oxygen atoms in total. The summed E-state index contributed by atoms with van der Waals surface area (Å²) in [7, 11) is 0. The number of nitrogens with one attached hydrogen (secondary N) is 1. The summed E-state index contributed by atoms with van der Waals surface area (Å²) in [6.07, 6.45) is 10.1. The van der Waals surface area contributed by atoms with Gasteiger partial charge < -0.3 is 9.84 Å². The number of rotatable bonds is 6. The Balaban J connectivity index is 1.37. The maximum atomic E-state index is 12.5. The summed E-state index contributed by atoms with van der Waals surface area (Å²) in [6.45, 7) is 3.98. The zero-order valence-corrected chi connectivity index (χ0v) is 16.9. The van der Waals surface area contributed by atoms with E-state index in [1.54, 1.807) is 12.4 Å². The van der Waals surface area contributed by atoms with Crippen molar-refractivity contribution in [2.45, 2.75) is 64.8 Å². The van der Waals surface area contributed by atoms with Gasteiger partial charge in [0.25, 0.3) is 0 Å². The van der Waals surface area contributed by atoms with Gasteiger partial charge in [0.1, 0.15) is 0 Å². The summed E-state index contributed by atoms with van der Waals surface area (Å²) in [5.74, 6) is 0.865. The highest BCUT2D eigenvalue weighted by molar-refractivity contribution is 5.92. The average Bonchev–Trinajstić information content (AvgIpc) is 3.34. The van der Waals surface area contributed by atoms with Gasteiger partial charge in [-0.05, 0) is 38.8 Å². The molecule has 0 bridgehead atoms. The van der Waals surface area contributed by atoms with E-state index in [2.05, 4.69) is 25.1 Å². The Morgan fingerprint density at radius 1 is 1.21 bits per heavy atom. The Labute approximate surface area is 169 Å². The van der Waals surface area contributed by atoms with E-state index in [4.69, 9.17) is 9.62 Å². The van der Waals surface area contributed by atoms with Crippen molar-refractivity contribution in [2.24, 2.45) is 0 Å². The fourth-order valence-electron chi connectivity index (χ4n) is 3.92. The van der Waals surface area contributed by atoms with Gasteiger partial charge in [-0.3, -0.25) is 14.5 Å². The highest BCUT2D eigenvalue weighted by atomic mass is 16.5. The Morgan fingerprint density at radius 3 is 2.72 bits per heavy atom. The Bertz CT molecular complexity index is 972. The molecule has 0 spiro atoms. The van der Waals surface area contributed by atoms with Crippen molar-refractivity contribution in [3.63, 3.8) is 0 Å². The van der Waals surface area contributed by atoms with Crippen LogP contribution in [0.15, 0.2) is 29.0 Å². The van der Waals surface area contributed by atoms with Gasteiger partial charge in [0, 0.05) is 30.8 Å². The van der Waals surface area contributed by atoms with Crippen LogP contribution in [0.25, 0.3) is 11.4 Å². The summed E-state index contributed by atoms with van der Waals surface area (Å²) in [5.41, 5.74) is 3.55. The minimum absolute atomic E-state index is 0.0805. The maximum Gasteiger partial charge on any atom is 0.227 e. The third-order valence-electron chi connectivity index (χ3n) is 5.48. The van der Waals surface area contributed by atoms with E-state index in [1.807, 2.05) is 26.0 Å². The first kappa shape index (κ1) is 19.3. The molecule has 8 heteroatoms. The summed E-state index contributed by atoms with van der Waals surface area (Å²) in [6, 6.07) is 4.08. The van der Waals surface area contributed by atoms with Crippen molar-refractivity contribution in [2.75, 3.05) is 5.32 Å². The molecule has 152 valence electrons. The van der Waals surface area contributed by atoms with Crippen molar-refractivity contribution in [3.05, 3.63) is 41.8 Å². The number of amides is 1. The maximum absolute atomic E-state index is 12.5. The molecule has 1 aliphatic rings. The van der Waals surface area contributed by atoms with Gasteiger partial charge in [-0.2, -0.15) is 10.1 Å². The van der Waals surface area contributed by atoms with Crippen LogP contribution in [-0.2, 0) is 11.2 Å². The van der Waals surface area contributed by atoms with E-state index >= 15 is 0 Å². The predicted octanol–water partition coefficient (Wildman–Crippen LogP) is 4.02. The molecule has 0 atom stereocenters. The molecule has 0 aromatic carbocycles. The van der Waals surface area contributed by atoms with Crippen molar-refractivity contribution < 1.29 is 9.32 Å². The van der Waals surface area contributed by atoms with E-state index in [-0.39, 0.29) is 12.3 Å². The molecule has 1 aliphatic carbocycles. The van der Waals surface area contributed by atoms with E-state index in [9.17, 15) is 4.79 Å². The quantitative estimate of drug-likeness (QED) is 0.678. The van der Waals surface area contributed by atoms with Gasteiger partial charge in [0.2, 0.25) is 17.6 Å². The van der Waals surface area contributed by atoms with Crippen LogP contribution in [0.2, 0.25) is 0 Å². The lowest BCUT2D eigenvalue weighted by molar-refractivity contribution is -0.116. The third-order valence-corrected chi connectivity index (χ3v) is 5.48. The van der Waals surface area contributed by atoms with Crippen LogP contribution in [0, 0.1) is 13.8 Å². The average molecular weight is 394 g/mol. The number of hydrogen-bond acceptors (Lipinski definition) is 6. The molecule has 1 fully saturated rings. The first-order chi connectivity index (χ1) is 14.1. The van der Waals surface area contributed by atoms with Gasteiger partial charge >= 0.3 is 0 Å². The molecule has 0 radical (unpaired) electrons. The molecule has 1 saturated carbocycles. The second-order valence-electron chi connectivity index (χ2n) is 7.58. The van der Waals surface area contributed by atoms with Crippen molar-refractivity contribution in [1.82, 2.24) is 24.9 Å². The summed E-state index contributed by atoms with van der Waals surface area (Å²) in [4.78, 5) is 20.8. The molecule has 3 aromatic heterocycles. The van der Waals surface area contributed by atoms with Crippen molar-refractivity contribution in [1.29, 1.82) is 0 Å². The van der Waals surface area contributed by atoms with Crippen LogP contribution >= 0.6 is 0 Å². The van der Waals surface area contributed by atoms with Gasteiger partial charge in [-0.15, -0.1) is 0 Å². The summed E-state index contributed by atoms with van der Waals surface area (Å²) < 4.78 is 7.37. The number of carbonyl (C=O) groups is 1. The summed E-state index contributed by atoms with van der Waals surface area (Å²) >= 11 is 0. The Kier molecular flexibility index (Phi) is 5.69. The van der Waals surface area contributed by atoms with Crippen LogP contribution in [0.1, 0.15) is 61.8 Å². The SMILES string of the molecule is Cc1nn(C2CCCCC2)c(C)c1NC(=O)CCc1nc(-c2ccncc2)no1. The molecular weight excluding hydrogens is 368 g/mol. The van der Waals surface area contributed by atoms with Crippen molar-refractivity contribution in [3.8, 4) is 11.4 Å². The second kappa shape index (κ2) is 8.55. The molecule has 0 saturated heterocycles. The Morgan fingerprint density at radius 2 is 1.97 bits per heavy atom. The monoisotopic (exact) mass is 394 g/mol. The molecular formula is C21H26N6O2. The Hall–Kier alpha value is -3.03. The van der Waals surface area contributed by atoms with Gasteiger partial charge in [-0.25, -0.2) is 0 Å². The van der Waals surface area contributed by atoms with E-state index in [0.717, 1.165) is 35.5 Å². The molecule has 29 heavy (non-hydrogen) atoms. The fourth-order valence-corrected chi connectivity index (χ4v) is 3.92. The van der Waals surface area contributed by atoms with Crippen LogP contribution in [0.3, 0.4) is 0 Å².